The highest BCUT2D eigenvalue weighted by molar-refractivity contribution is 6.09. The van der Waals surface area contributed by atoms with Gasteiger partial charge in [-0.25, -0.2) is 48.7 Å². The van der Waals surface area contributed by atoms with Crippen LogP contribution in [0.1, 0.15) is 240 Å². The van der Waals surface area contributed by atoms with Crippen molar-refractivity contribution in [2.75, 3.05) is 98.6 Å². The van der Waals surface area contributed by atoms with E-state index in [0.29, 0.717) is 118 Å². The number of rotatable bonds is 13. The number of allylic oxidation sites excluding steroid dienone is 1. The zero-order chi connectivity index (χ0) is 99.2. The Kier molecular flexibility index (Phi) is 36.7. The summed E-state index contributed by atoms with van der Waals surface area (Å²) in [6.45, 7) is 31.9. The number of nitrogens with one attached hydrogen (secondary N) is 8. The third kappa shape index (κ3) is 29.4. The number of likely N-dealkylation sites (tertiary alicyclic amines) is 1. The van der Waals surface area contributed by atoms with Crippen molar-refractivity contribution in [3.63, 3.8) is 0 Å². The van der Waals surface area contributed by atoms with Gasteiger partial charge in [-0.15, -0.1) is 0 Å². The minimum absolute atomic E-state index is 0.00491. The number of aromatic nitrogens is 8. The molecule has 0 radical (unpaired) electrons. The monoisotopic (exact) mass is 1860 g/mol. The molecular weight excluding hydrogens is 1730 g/mol. The van der Waals surface area contributed by atoms with Crippen LogP contribution in [0.5, 0.6) is 0 Å². The number of hydrogen-bond acceptors (Lipinski definition) is 26. The van der Waals surface area contributed by atoms with Crippen molar-refractivity contribution in [2.24, 2.45) is 28.2 Å². The highest BCUT2D eigenvalue weighted by atomic mass is 16.7. The maximum Gasteiger partial charge on any atom is 0.417 e. The lowest BCUT2D eigenvalue weighted by molar-refractivity contribution is -0.138. The Bertz CT molecular complexity index is 5540. The molecule has 8 aliphatic rings. The fourth-order valence-electron chi connectivity index (χ4n) is 14.6. The molecule has 0 unspecified atom stereocenters. The Hall–Kier alpha value is -13.8. The zero-order valence-corrected chi connectivity index (χ0v) is 80.8. The Morgan fingerprint density at radius 1 is 0.507 bits per heavy atom. The molecule has 0 spiro atoms. The van der Waals surface area contributed by atoms with Crippen molar-refractivity contribution in [1.29, 1.82) is 0 Å². The van der Waals surface area contributed by atoms with E-state index in [-0.39, 0.29) is 84.4 Å². The summed E-state index contributed by atoms with van der Waals surface area (Å²) in [4.78, 5) is 196. The van der Waals surface area contributed by atoms with E-state index in [2.05, 4.69) is 51.8 Å². The summed E-state index contributed by atoms with van der Waals surface area (Å²) in [6.07, 6.45) is 14.1. The number of carbonyl (C=O) groups excluding carboxylic acids is 15. The van der Waals surface area contributed by atoms with Crippen LogP contribution in [-0.2, 0) is 110 Å². The summed E-state index contributed by atoms with van der Waals surface area (Å²) in [5.74, 6) is -1.19. The molecule has 15 rings (SSSR count). The maximum absolute atomic E-state index is 12.2. The predicted octanol–water partition coefficient (Wildman–Crippen LogP) is 9.24. The van der Waals surface area contributed by atoms with Gasteiger partial charge < -0.3 is 93.5 Å². The van der Waals surface area contributed by atoms with Crippen LogP contribution in [0.2, 0.25) is 0 Å². The number of fused-ring (bicyclic) bond motifs is 6. The molecule has 1 fully saturated rings. The Morgan fingerprint density at radius 3 is 1.43 bits per heavy atom. The fourth-order valence-corrected chi connectivity index (χ4v) is 14.6. The second kappa shape index (κ2) is 46.5. The first-order valence-electron chi connectivity index (χ1n) is 44.4. The largest absolute Gasteiger partial charge is 0.443 e. The molecule has 15 heterocycles. The highest BCUT2D eigenvalue weighted by Gasteiger charge is 2.38. The molecule has 40 nitrogen and oxygen atoms in total. The summed E-state index contributed by atoms with van der Waals surface area (Å²) >= 11 is 0. The van der Waals surface area contributed by atoms with E-state index in [1.165, 1.54) is 24.0 Å². The van der Waals surface area contributed by atoms with E-state index in [1.54, 1.807) is 144 Å². The van der Waals surface area contributed by atoms with Crippen LogP contribution >= 0.6 is 0 Å². The quantitative estimate of drug-likeness (QED) is 0.0175. The maximum atomic E-state index is 12.2. The van der Waals surface area contributed by atoms with E-state index in [0.717, 1.165) is 109 Å². The van der Waals surface area contributed by atoms with Crippen LogP contribution in [0.15, 0.2) is 91.3 Å². The summed E-state index contributed by atoms with van der Waals surface area (Å²) in [7, 11) is 13.0. The van der Waals surface area contributed by atoms with Gasteiger partial charge >= 0.3 is 24.4 Å². The third-order valence-corrected chi connectivity index (χ3v) is 21.0. The number of H-pyrrole nitrogens is 2. The van der Waals surface area contributed by atoms with Crippen molar-refractivity contribution >= 4 is 94.9 Å². The molecule has 7 aromatic rings. The predicted molar refractivity (Wildman–Crippen MR) is 495 cm³/mol. The molecule has 0 bridgehead atoms. The summed E-state index contributed by atoms with van der Waals surface area (Å²) < 4.78 is 39.1. The molecule has 8 N–H and O–H groups in total. The molecule has 0 aliphatic carbocycles. The molecule has 40 heteroatoms. The van der Waals surface area contributed by atoms with Crippen LogP contribution in [0.25, 0.3) is 11.4 Å². The zero-order valence-electron chi connectivity index (χ0n) is 80.8. The number of Topliss-reactive ketones (excluding diaryl/α,β-unsaturated/α-hetero) is 2. The van der Waals surface area contributed by atoms with E-state index < -0.39 is 52.7 Å². The number of hydrogen-bond donors (Lipinski definition) is 8. The normalized spacial score (nSPS) is 15.5. The molecule has 134 heavy (non-hydrogen) atoms. The van der Waals surface area contributed by atoms with Crippen LogP contribution in [0.3, 0.4) is 0 Å². The van der Waals surface area contributed by atoms with Gasteiger partial charge in [-0.3, -0.25) is 52.7 Å². The number of carbonyl (C=O) groups is 15. The van der Waals surface area contributed by atoms with Crippen LogP contribution in [0.4, 0.5) is 25.1 Å². The van der Waals surface area contributed by atoms with Gasteiger partial charge in [0, 0.05) is 256 Å². The standard InChI is InChI=1S/C16H28N2O5.C13H15N5O.C13H17N3O2.C13H18N2O3.C12H16N2O3.C10H12N2O2.C10H15NO4.C7H8N2O/c1-6-21-14(22-7-2)11-17-12-8-9-18(13(19)10-12)15(20)23-16(3,4)5;1-14-13-16-5-3-9(17-13)11-7-8-10(18(11)2)4-6-15-12(8)19;1-15(2)7-5-12(17)11-8-9-10(16(11)3)4-6-14-13(9)18;1-13(2,3)18-12(17)15-8-6-10-9(11(15)16)5-7-14(10)4;1-12(2,3)17-11(16)14-7-5-9-8(10(14)15)4-6-13-9;1-6(13)9-5-7-8(12(9)2)3-4-11-10(7)14;1-10(2,3)15-9(14)11-5-4-7(12)6-8(11)13;10-7-5-1-3-8-6(5)2-4-9-7/h10,14,17H,6-9,11H2,1-5H3;3,5,7H,4,6H2,1-2H3,(H,15,19)(H,14,16,17);5,7-8H,4,6H2,1-3H3,(H,14,18);5,7H,6,8H2,1-4H3;4,6,13H,5,7H2,1-3H3;5H,3-4H2,1-2H3,(H,11,14);4-6H2,1-3H3;1,3,8H,2,4H2,(H,9,10)/b;;7-5+;;;;;. The fraction of sp³-hybridized carbons (Fsp3) is 0.500. The lowest BCUT2D eigenvalue weighted by Crippen LogP contribution is -2.45. The molecular formula is C94H129N19O21. The first-order valence-corrected chi connectivity index (χ1v) is 44.4. The van der Waals surface area contributed by atoms with Gasteiger partial charge in [0.2, 0.25) is 17.6 Å². The van der Waals surface area contributed by atoms with E-state index in [4.69, 9.17) is 28.4 Å². The number of amides is 12. The van der Waals surface area contributed by atoms with Gasteiger partial charge in [-0.05, 0) is 139 Å². The second-order valence-corrected chi connectivity index (χ2v) is 36.1. The first kappa shape index (κ1) is 106. The Labute approximate surface area is 779 Å². The smallest absolute Gasteiger partial charge is 0.417 e. The number of ether oxygens (including phenoxy) is 6. The minimum Gasteiger partial charge on any atom is -0.443 e. The van der Waals surface area contributed by atoms with E-state index in [1.807, 2.05) is 98.8 Å². The SMILES string of the molecule is CC(=O)c1cc2c(n1C)CCNC2=O.CC(C)(C)OC(=O)N1CCC(=O)CC1=O.CC(C)(C)OC(=O)N1CCc2[nH]ccc2C1=O.CCOC(CNC1=CC(=O)N(C(=O)OC(C)(C)C)CC1)OCC.CN(C)/C=C/C(=O)c1cc2c(n1C)CCNC2=O.CNc1nccc(-c2cc3c(n2C)CCNC3=O)n1.Cn1ccc2c1CCN(C(=O)OC(C)(C)C)C2=O.O=C1NCCc2[nH]ccc21. The minimum atomic E-state index is -0.667. The van der Waals surface area contributed by atoms with Crippen molar-refractivity contribution < 1.29 is 100 Å². The van der Waals surface area contributed by atoms with Gasteiger partial charge in [0.05, 0.1) is 69.1 Å². The summed E-state index contributed by atoms with van der Waals surface area (Å²) in [5.41, 5.74) is 11.0. The average molecular weight is 1860 g/mol. The summed E-state index contributed by atoms with van der Waals surface area (Å²) in [6, 6.07) is 12.3. The number of ketones is 3. The number of piperidine rings is 1. The molecule has 12 amide bonds. The number of anilines is 1. The first-order chi connectivity index (χ1) is 62.9. The number of imide groups is 4. The number of aromatic amines is 2. The second-order valence-electron chi connectivity index (χ2n) is 36.1. The lowest BCUT2D eigenvalue weighted by Gasteiger charge is -2.29. The van der Waals surface area contributed by atoms with E-state index in [9.17, 15) is 71.9 Å². The molecule has 0 aromatic carbocycles. The molecule has 726 valence electrons. The summed E-state index contributed by atoms with van der Waals surface area (Å²) in [5, 5.41) is 17.2. The van der Waals surface area contributed by atoms with Crippen molar-refractivity contribution in [3.8, 4) is 11.4 Å². The number of nitrogens with zero attached hydrogens (tertiary/aromatic N) is 11. The Morgan fingerprint density at radius 2 is 0.955 bits per heavy atom. The molecule has 0 saturated carbocycles. The van der Waals surface area contributed by atoms with Crippen LogP contribution < -0.4 is 31.9 Å². The molecule has 1 saturated heterocycles. The van der Waals surface area contributed by atoms with E-state index >= 15 is 0 Å². The number of aryl methyl sites for hydroxylation is 1. The highest BCUT2D eigenvalue weighted by Crippen LogP contribution is 2.29. The van der Waals surface area contributed by atoms with Crippen molar-refractivity contribution in [3.05, 3.63) is 170 Å². The topological polar surface area (TPSA) is 477 Å². The molecule has 8 aliphatic heterocycles. The van der Waals surface area contributed by atoms with Gasteiger partial charge in [-0.2, -0.15) is 0 Å². The molecule has 7 aromatic heterocycles. The average Bonchev–Trinajstić information content (AvgIpc) is 1.65. The van der Waals surface area contributed by atoms with Gasteiger partial charge in [0.1, 0.15) is 28.2 Å². The molecule has 0 atom stereocenters. The van der Waals surface area contributed by atoms with Gasteiger partial charge in [0.15, 0.2) is 12.1 Å². The lowest BCUT2D eigenvalue weighted by atomic mass is 10.1. The third-order valence-electron chi connectivity index (χ3n) is 21.0. The van der Waals surface area contributed by atoms with Crippen molar-refractivity contribution in [1.82, 2.24) is 89.3 Å². The van der Waals surface area contributed by atoms with Crippen LogP contribution in [-0.4, -0.2) is 274 Å². The van der Waals surface area contributed by atoms with Crippen LogP contribution in [0, 0.1) is 0 Å². The van der Waals surface area contributed by atoms with Gasteiger partial charge in [-0.1, -0.05) is 0 Å². The van der Waals surface area contributed by atoms with Crippen molar-refractivity contribution in [2.45, 2.75) is 190 Å². The van der Waals surface area contributed by atoms with Gasteiger partial charge in [0.25, 0.3) is 41.4 Å². The Balaban J connectivity index is 0.000000190.